The van der Waals surface area contributed by atoms with Gasteiger partial charge in [0.25, 0.3) is 0 Å². The number of hydrogen-bond acceptors (Lipinski definition) is 1. The summed E-state index contributed by atoms with van der Waals surface area (Å²) >= 11 is 0. The average molecular weight is 220 g/mol. The Balaban J connectivity index is 2.05. The lowest BCUT2D eigenvalue weighted by Gasteiger charge is -2.36. The zero-order valence-corrected chi connectivity index (χ0v) is 10.8. The second-order valence-corrected chi connectivity index (χ2v) is 7.36. The SMILES string of the molecule is C=C1C[C@@H]2C[C@H](O)[C@H](C)[C@@]23CC(C)(C)C[C@@H]13. The molecule has 0 aromatic carbocycles. The van der Waals surface area contributed by atoms with E-state index in [-0.39, 0.29) is 6.10 Å². The number of aliphatic hydroxyl groups is 1. The van der Waals surface area contributed by atoms with Crippen LogP contribution in [0.4, 0.5) is 0 Å². The summed E-state index contributed by atoms with van der Waals surface area (Å²) in [6, 6.07) is 0. The van der Waals surface area contributed by atoms with Crippen molar-refractivity contribution < 1.29 is 5.11 Å². The van der Waals surface area contributed by atoms with Crippen molar-refractivity contribution in [3.05, 3.63) is 12.2 Å². The first-order valence-electron chi connectivity index (χ1n) is 6.72. The fourth-order valence-corrected chi connectivity index (χ4v) is 5.38. The molecule has 3 rings (SSSR count). The summed E-state index contributed by atoms with van der Waals surface area (Å²) in [6.45, 7) is 11.4. The minimum Gasteiger partial charge on any atom is -0.393 e. The van der Waals surface area contributed by atoms with Crippen LogP contribution in [0.15, 0.2) is 12.2 Å². The molecule has 1 spiro atoms. The third kappa shape index (κ3) is 1.11. The lowest BCUT2D eigenvalue weighted by atomic mass is 9.68. The van der Waals surface area contributed by atoms with Crippen molar-refractivity contribution in [1.82, 2.24) is 0 Å². The van der Waals surface area contributed by atoms with E-state index in [0.717, 1.165) is 12.3 Å². The third-order valence-corrected chi connectivity index (χ3v) is 5.90. The Morgan fingerprint density at radius 1 is 1.38 bits per heavy atom. The summed E-state index contributed by atoms with van der Waals surface area (Å²) in [5.74, 6) is 1.89. The predicted octanol–water partition coefficient (Wildman–Crippen LogP) is 3.39. The normalized spacial score (nSPS) is 54.1. The van der Waals surface area contributed by atoms with E-state index in [9.17, 15) is 5.11 Å². The third-order valence-electron chi connectivity index (χ3n) is 5.90. The summed E-state index contributed by atoms with van der Waals surface area (Å²) in [4.78, 5) is 0. The van der Waals surface area contributed by atoms with Crippen LogP contribution in [-0.4, -0.2) is 11.2 Å². The summed E-state index contributed by atoms with van der Waals surface area (Å²) in [5.41, 5.74) is 2.33. The zero-order chi connectivity index (χ0) is 11.7. The van der Waals surface area contributed by atoms with Crippen molar-refractivity contribution in [1.29, 1.82) is 0 Å². The minimum absolute atomic E-state index is 0.0606. The second-order valence-electron chi connectivity index (χ2n) is 7.36. The highest BCUT2D eigenvalue weighted by molar-refractivity contribution is 5.26. The number of rotatable bonds is 0. The molecule has 0 saturated heterocycles. The average Bonchev–Trinajstić information content (AvgIpc) is 2.66. The van der Waals surface area contributed by atoms with Gasteiger partial charge in [-0.3, -0.25) is 0 Å². The number of allylic oxidation sites excluding steroid dienone is 1. The first kappa shape index (κ1) is 10.8. The molecule has 1 heteroatoms. The van der Waals surface area contributed by atoms with Gasteiger partial charge >= 0.3 is 0 Å². The molecule has 3 fully saturated rings. The molecule has 1 nitrogen and oxygen atoms in total. The molecule has 90 valence electrons. The van der Waals surface area contributed by atoms with E-state index in [0.29, 0.717) is 22.7 Å². The van der Waals surface area contributed by atoms with Crippen molar-refractivity contribution >= 4 is 0 Å². The molecule has 0 amide bonds. The van der Waals surface area contributed by atoms with Gasteiger partial charge in [-0.15, -0.1) is 0 Å². The van der Waals surface area contributed by atoms with Gasteiger partial charge in [-0.1, -0.05) is 32.9 Å². The van der Waals surface area contributed by atoms with Crippen molar-refractivity contribution in [3.63, 3.8) is 0 Å². The van der Waals surface area contributed by atoms with Crippen LogP contribution in [0, 0.1) is 28.6 Å². The molecular formula is C15H24O. The van der Waals surface area contributed by atoms with Gasteiger partial charge in [0.2, 0.25) is 0 Å². The zero-order valence-electron chi connectivity index (χ0n) is 10.8. The van der Waals surface area contributed by atoms with Crippen LogP contribution in [0.2, 0.25) is 0 Å². The molecule has 1 N–H and O–H groups in total. The van der Waals surface area contributed by atoms with Gasteiger partial charge in [-0.2, -0.15) is 0 Å². The Morgan fingerprint density at radius 3 is 2.75 bits per heavy atom. The molecule has 0 unspecified atom stereocenters. The van der Waals surface area contributed by atoms with E-state index in [1.807, 2.05) is 0 Å². The van der Waals surface area contributed by atoms with Crippen LogP contribution in [-0.2, 0) is 0 Å². The molecule has 0 heterocycles. The quantitative estimate of drug-likeness (QED) is 0.620. The Labute approximate surface area is 98.9 Å². The Hall–Kier alpha value is -0.300. The fourth-order valence-electron chi connectivity index (χ4n) is 5.38. The van der Waals surface area contributed by atoms with Crippen molar-refractivity contribution in [2.75, 3.05) is 0 Å². The van der Waals surface area contributed by atoms with E-state index in [1.54, 1.807) is 0 Å². The second kappa shape index (κ2) is 2.93. The van der Waals surface area contributed by atoms with Gasteiger partial charge in [0.05, 0.1) is 6.10 Å². The van der Waals surface area contributed by atoms with E-state index >= 15 is 0 Å². The number of hydrogen-bond donors (Lipinski definition) is 1. The van der Waals surface area contributed by atoms with Crippen molar-refractivity contribution in [2.24, 2.45) is 28.6 Å². The topological polar surface area (TPSA) is 20.2 Å². The Kier molecular flexibility index (Phi) is 1.98. The maximum atomic E-state index is 10.2. The molecule has 0 aromatic rings. The van der Waals surface area contributed by atoms with Crippen molar-refractivity contribution in [3.8, 4) is 0 Å². The molecule has 3 saturated carbocycles. The molecule has 0 aliphatic heterocycles. The molecule has 3 aliphatic rings. The highest BCUT2D eigenvalue weighted by Gasteiger charge is 2.65. The monoisotopic (exact) mass is 220 g/mol. The van der Waals surface area contributed by atoms with Gasteiger partial charge in [0.15, 0.2) is 0 Å². The molecular weight excluding hydrogens is 196 g/mol. The van der Waals surface area contributed by atoms with E-state index < -0.39 is 0 Å². The van der Waals surface area contributed by atoms with Gasteiger partial charge in [0, 0.05) is 0 Å². The summed E-state index contributed by atoms with van der Waals surface area (Å²) in [7, 11) is 0. The Morgan fingerprint density at radius 2 is 2.06 bits per heavy atom. The van der Waals surface area contributed by atoms with Gasteiger partial charge in [0.1, 0.15) is 0 Å². The van der Waals surface area contributed by atoms with Crippen LogP contribution in [0.5, 0.6) is 0 Å². The highest BCUT2D eigenvalue weighted by Crippen LogP contribution is 2.71. The number of aliphatic hydroxyl groups excluding tert-OH is 1. The van der Waals surface area contributed by atoms with E-state index in [4.69, 9.17) is 0 Å². The molecule has 0 radical (unpaired) electrons. The van der Waals surface area contributed by atoms with Gasteiger partial charge in [-0.25, -0.2) is 0 Å². The molecule has 3 aliphatic carbocycles. The maximum Gasteiger partial charge on any atom is 0.0574 e. The summed E-state index contributed by atoms with van der Waals surface area (Å²) in [5, 5.41) is 10.2. The van der Waals surface area contributed by atoms with Crippen LogP contribution < -0.4 is 0 Å². The maximum absolute atomic E-state index is 10.2. The lowest BCUT2D eigenvalue weighted by molar-refractivity contribution is 0.0674. The molecule has 0 bridgehead atoms. The molecule has 0 aromatic heterocycles. The van der Waals surface area contributed by atoms with Gasteiger partial charge in [-0.05, 0) is 54.3 Å². The van der Waals surface area contributed by atoms with Gasteiger partial charge < -0.3 is 5.11 Å². The van der Waals surface area contributed by atoms with Crippen LogP contribution in [0.1, 0.15) is 46.5 Å². The summed E-state index contributed by atoms with van der Waals surface area (Å²) < 4.78 is 0. The van der Waals surface area contributed by atoms with Crippen LogP contribution >= 0.6 is 0 Å². The molecule has 16 heavy (non-hydrogen) atoms. The predicted molar refractivity (Wildman–Crippen MR) is 66.0 cm³/mol. The minimum atomic E-state index is -0.0606. The largest absolute Gasteiger partial charge is 0.393 e. The van der Waals surface area contributed by atoms with E-state index in [2.05, 4.69) is 27.4 Å². The van der Waals surface area contributed by atoms with Crippen LogP contribution in [0.3, 0.4) is 0 Å². The highest BCUT2D eigenvalue weighted by atomic mass is 16.3. The Bertz CT molecular complexity index is 343. The van der Waals surface area contributed by atoms with Crippen molar-refractivity contribution in [2.45, 2.75) is 52.6 Å². The standard InChI is InChI=1S/C15H24O/c1-9-5-11-6-13(16)10(2)15(11)8-14(3,4)7-12(9)15/h10-13,16H,1,5-8H2,2-4H3/t10-,11+,12-,13-,15-/m0/s1. The first-order chi connectivity index (χ1) is 7.37. The smallest absolute Gasteiger partial charge is 0.0574 e. The van der Waals surface area contributed by atoms with E-state index in [1.165, 1.54) is 24.8 Å². The summed E-state index contributed by atoms with van der Waals surface area (Å²) in [6.07, 6.45) is 4.73. The first-order valence-corrected chi connectivity index (χ1v) is 6.72. The van der Waals surface area contributed by atoms with Crippen LogP contribution in [0.25, 0.3) is 0 Å². The lowest BCUT2D eigenvalue weighted by Crippen LogP contribution is -2.32. The molecule has 5 atom stereocenters. The fraction of sp³-hybridized carbons (Fsp3) is 0.867.